The Hall–Kier alpha value is -4.66. The maximum atomic E-state index is 13.6. The van der Waals surface area contributed by atoms with Gasteiger partial charge in [0.15, 0.2) is 5.96 Å². The summed E-state index contributed by atoms with van der Waals surface area (Å²) in [6, 6.07) is 3.18. The van der Waals surface area contributed by atoms with Crippen LogP contribution in [0.25, 0.3) is 10.9 Å². The summed E-state index contributed by atoms with van der Waals surface area (Å²) in [7, 11) is 0. The number of nitrogens with two attached hydrogens (primary N) is 2. The van der Waals surface area contributed by atoms with Crippen molar-refractivity contribution in [2.75, 3.05) is 13.1 Å². The van der Waals surface area contributed by atoms with E-state index in [0.717, 1.165) is 22.9 Å². The molecule has 2 heterocycles. The van der Waals surface area contributed by atoms with E-state index < -0.39 is 54.3 Å². The van der Waals surface area contributed by atoms with Crippen molar-refractivity contribution in [3.8, 4) is 0 Å². The quantitative estimate of drug-likeness (QED) is 0.0653. The van der Waals surface area contributed by atoms with Crippen molar-refractivity contribution in [1.82, 2.24) is 26.3 Å². The smallest absolute Gasteiger partial charge is 0.326 e. The normalized spacial score (nSPS) is 16.6. The van der Waals surface area contributed by atoms with Crippen molar-refractivity contribution in [2.24, 2.45) is 16.5 Å². The number of guanidine groups is 1. The number of aliphatic carboxylic acids is 2. The van der Waals surface area contributed by atoms with Gasteiger partial charge in [0.05, 0.1) is 6.04 Å². The van der Waals surface area contributed by atoms with Gasteiger partial charge in [-0.3, -0.25) is 24.2 Å². The van der Waals surface area contributed by atoms with Gasteiger partial charge < -0.3 is 47.9 Å². The molecule has 0 spiro atoms. The summed E-state index contributed by atoms with van der Waals surface area (Å²) in [4.78, 5) is 69.7. The molecular weight excluding hydrogens is 548 g/mol. The van der Waals surface area contributed by atoms with Crippen molar-refractivity contribution < 1.29 is 34.2 Å². The van der Waals surface area contributed by atoms with Crippen LogP contribution in [-0.4, -0.2) is 88.1 Å². The molecule has 3 amide bonds. The van der Waals surface area contributed by atoms with Crippen LogP contribution in [0.4, 0.5) is 0 Å². The fourth-order valence-corrected chi connectivity index (χ4v) is 4.75. The van der Waals surface area contributed by atoms with Crippen molar-refractivity contribution in [3.05, 3.63) is 36.0 Å². The van der Waals surface area contributed by atoms with E-state index in [2.05, 4.69) is 31.2 Å². The molecule has 2 aromatic rings. The topological polar surface area (TPSA) is 254 Å². The average molecular weight is 587 g/mol. The lowest BCUT2D eigenvalue weighted by Crippen LogP contribution is -2.57. The third-order valence-corrected chi connectivity index (χ3v) is 6.95. The van der Waals surface area contributed by atoms with Gasteiger partial charge in [0, 0.05) is 36.5 Å². The van der Waals surface area contributed by atoms with Crippen molar-refractivity contribution in [1.29, 1.82) is 0 Å². The van der Waals surface area contributed by atoms with Gasteiger partial charge in [0.25, 0.3) is 0 Å². The van der Waals surface area contributed by atoms with Crippen molar-refractivity contribution >= 4 is 46.5 Å². The summed E-state index contributed by atoms with van der Waals surface area (Å²) in [6.07, 6.45) is 2.71. The summed E-state index contributed by atoms with van der Waals surface area (Å²) < 4.78 is 0. The number of para-hydroxylation sites is 1. The highest BCUT2D eigenvalue weighted by molar-refractivity contribution is 5.95. The van der Waals surface area contributed by atoms with Crippen molar-refractivity contribution in [3.63, 3.8) is 0 Å². The number of benzene rings is 1. The van der Waals surface area contributed by atoms with E-state index in [1.165, 1.54) is 0 Å². The third-order valence-electron chi connectivity index (χ3n) is 6.95. The monoisotopic (exact) mass is 586 g/mol. The number of H-pyrrole nitrogens is 1. The molecule has 4 unspecified atom stereocenters. The first-order valence-corrected chi connectivity index (χ1v) is 13.7. The number of carbonyl (C=O) groups is 5. The number of aliphatic imine (C=N–C) groups is 1. The largest absolute Gasteiger partial charge is 0.481 e. The van der Waals surface area contributed by atoms with Gasteiger partial charge in [-0.05, 0) is 50.3 Å². The summed E-state index contributed by atoms with van der Waals surface area (Å²) in [5.41, 5.74) is 12.1. The summed E-state index contributed by atoms with van der Waals surface area (Å²) in [6.45, 7) is 0.817. The Morgan fingerprint density at radius 1 is 0.976 bits per heavy atom. The van der Waals surface area contributed by atoms with Crippen LogP contribution in [0.5, 0.6) is 0 Å². The highest BCUT2D eigenvalue weighted by Crippen LogP contribution is 2.19. The zero-order valence-electron chi connectivity index (χ0n) is 23.1. The van der Waals surface area contributed by atoms with Gasteiger partial charge in [-0.15, -0.1) is 0 Å². The number of aromatic amines is 1. The Labute approximate surface area is 241 Å². The molecule has 1 saturated heterocycles. The van der Waals surface area contributed by atoms with Crippen LogP contribution in [-0.2, 0) is 30.4 Å². The maximum Gasteiger partial charge on any atom is 0.326 e. The Bertz CT molecular complexity index is 1300. The molecule has 228 valence electrons. The standard InChI is InChI=1S/C27H38N8O7/c28-27(29)31-12-4-8-20(26(41)42)34-24(39)19(9-10-22(36)37)33-25(40)21(35-23(38)18-7-3-11-30-18)13-15-14-32-17-6-2-1-5-16(15)17/h1-2,5-6,14,18-21,30,32H,3-4,7-13H2,(H,33,40)(H,34,39)(H,35,38)(H,36,37)(H,41,42)(H4,28,29,31). The number of rotatable bonds is 16. The van der Waals surface area contributed by atoms with Crippen LogP contribution >= 0.6 is 0 Å². The molecule has 1 fully saturated rings. The first-order valence-electron chi connectivity index (χ1n) is 13.7. The number of nitrogens with one attached hydrogen (secondary N) is 5. The molecule has 15 nitrogen and oxygen atoms in total. The number of aromatic nitrogens is 1. The van der Waals surface area contributed by atoms with E-state index in [4.69, 9.17) is 11.5 Å². The van der Waals surface area contributed by atoms with Crippen LogP contribution in [0.15, 0.2) is 35.5 Å². The molecule has 0 radical (unpaired) electrons. The lowest BCUT2D eigenvalue weighted by molar-refractivity contribution is -0.143. The van der Waals surface area contributed by atoms with Gasteiger partial charge in [-0.25, -0.2) is 4.79 Å². The van der Waals surface area contributed by atoms with Gasteiger partial charge >= 0.3 is 11.9 Å². The summed E-state index contributed by atoms with van der Waals surface area (Å²) in [5, 5.41) is 30.4. The Morgan fingerprint density at radius 2 is 1.69 bits per heavy atom. The predicted octanol–water partition coefficient (Wildman–Crippen LogP) is -1.08. The van der Waals surface area contributed by atoms with Crippen molar-refractivity contribution in [2.45, 2.75) is 69.1 Å². The highest BCUT2D eigenvalue weighted by atomic mass is 16.4. The lowest BCUT2D eigenvalue weighted by Gasteiger charge is -2.25. The van der Waals surface area contributed by atoms with E-state index in [9.17, 15) is 34.2 Å². The zero-order valence-corrected chi connectivity index (χ0v) is 23.1. The zero-order chi connectivity index (χ0) is 30.6. The predicted molar refractivity (Wildman–Crippen MR) is 153 cm³/mol. The molecule has 11 N–H and O–H groups in total. The third kappa shape index (κ3) is 9.47. The minimum Gasteiger partial charge on any atom is -0.481 e. The highest BCUT2D eigenvalue weighted by Gasteiger charge is 2.32. The fraction of sp³-hybridized carbons (Fsp3) is 0.481. The van der Waals surface area contributed by atoms with Crippen LogP contribution in [0.1, 0.15) is 44.1 Å². The molecule has 3 rings (SSSR count). The second-order valence-corrected chi connectivity index (χ2v) is 10.1. The Morgan fingerprint density at radius 3 is 2.36 bits per heavy atom. The number of carbonyl (C=O) groups excluding carboxylic acids is 3. The Balaban J connectivity index is 1.78. The van der Waals surface area contributed by atoms with Gasteiger partial charge in [-0.1, -0.05) is 18.2 Å². The molecular formula is C27H38N8O7. The van der Waals surface area contributed by atoms with Crippen LogP contribution in [0, 0.1) is 0 Å². The van der Waals surface area contributed by atoms with Gasteiger partial charge in [0.2, 0.25) is 17.7 Å². The SMILES string of the molecule is NC(N)=NCCCC(NC(=O)C(CCC(=O)O)NC(=O)C(Cc1c[nH]c2ccccc12)NC(=O)C1CCCN1)C(=O)O. The first-order chi connectivity index (χ1) is 20.0. The molecule has 1 aromatic heterocycles. The molecule has 0 bridgehead atoms. The minimum atomic E-state index is -1.37. The fourth-order valence-electron chi connectivity index (χ4n) is 4.75. The molecule has 1 aromatic carbocycles. The van der Waals surface area contributed by atoms with Gasteiger partial charge in [-0.2, -0.15) is 0 Å². The van der Waals surface area contributed by atoms with E-state index >= 15 is 0 Å². The van der Waals surface area contributed by atoms with Gasteiger partial charge in [0.1, 0.15) is 18.1 Å². The van der Waals surface area contributed by atoms with Crippen LogP contribution < -0.4 is 32.7 Å². The average Bonchev–Trinajstić information content (AvgIpc) is 3.62. The summed E-state index contributed by atoms with van der Waals surface area (Å²) in [5.74, 6) is -4.62. The number of nitrogens with zero attached hydrogens (tertiary/aromatic N) is 1. The number of carboxylic acid groups (broad SMARTS) is 2. The minimum absolute atomic E-state index is 0.00884. The number of fused-ring (bicyclic) bond motifs is 1. The number of amides is 3. The van der Waals surface area contributed by atoms with Crippen LogP contribution in [0.3, 0.4) is 0 Å². The van der Waals surface area contributed by atoms with Crippen LogP contribution in [0.2, 0.25) is 0 Å². The van der Waals surface area contributed by atoms with E-state index in [1.807, 2.05) is 24.3 Å². The molecule has 1 aliphatic heterocycles. The number of carboxylic acids is 2. The molecule has 42 heavy (non-hydrogen) atoms. The van der Waals surface area contributed by atoms with E-state index in [1.54, 1.807) is 6.20 Å². The van der Waals surface area contributed by atoms with E-state index in [0.29, 0.717) is 13.0 Å². The Kier molecular flexibility index (Phi) is 11.7. The maximum absolute atomic E-state index is 13.6. The number of hydrogen-bond acceptors (Lipinski definition) is 7. The molecule has 0 saturated carbocycles. The second kappa shape index (κ2) is 15.4. The molecule has 1 aliphatic rings. The molecule has 15 heteroatoms. The second-order valence-electron chi connectivity index (χ2n) is 10.1. The van der Waals surface area contributed by atoms with E-state index in [-0.39, 0.29) is 44.1 Å². The number of hydrogen-bond donors (Lipinski definition) is 9. The summed E-state index contributed by atoms with van der Waals surface area (Å²) >= 11 is 0. The molecule has 4 atom stereocenters. The molecule has 0 aliphatic carbocycles. The first kappa shape index (κ1) is 31.9. The lowest BCUT2D eigenvalue weighted by atomic mass is 10.0.